The number of esters is 1. The van der Waals surface area contributed by atoms with Crippen LogP contribution in [0.15, 0.2) is 66.7 Å². The van der Waals surface area contributed by atoms with Gasteiger partial charge in [0.15, 0.2) is 5.60 Å². The van der Waals surface area contributed by atoms with Crippen LogP contribution in [-0.4, -0.2) is 20.7 Å². The molecular formula is C28H24N4O5. The number of carbonyl (C=O) groups is 1. The maximum atomic E-state index is 13.4. The highest BCUT2D eigenvalue weighted by atomic mass is 16.6. The first kappa shape index (κ1) is 22.8. The number of nitrogens with two attached hydrogens (primary N) is 1. The number of fused-ring (bicyclic) bond motifs is 6. The molecule has 9 heteroatoms. The molecule has 0 radical (unpaired) electrons. The van der Waals surface area contributed by atoms with Gasteiger partial charge in [0, 0.05) is 28.8 Å². The summed E-state index contributed by atoms with van der Waals surface area (Å²) >= 11 is 0. The Hall–Kier alpha value is -4.66. The van der Waals surface area contributed by atoms with Crippen molar-refractivity contribution in [3.05, 3.63) is 99.1 Å². The van der Waals surface area contributed by atoms with Crippen molar-refractivity contribution < 1.29 is 19.2 Å². The zero-order valence-electron chi connectivity index (χ0n) is 20.1. The van der Waals surface area contributed by atoms with E-state index in [0.29, 0.717) is 45.9 Å². The number of ether oxygens (including phenoxy) is 2. The minimum absolute atomic E-state index is 0.150. The van der Waals surface area contributed by atoms with Crippen LogP contribution >= 0.6 is 0 Å². The van der Waals surface area contributed by atoms with Crippen LogP contribution in [0.2, 0.25) is 0 Å². The Bertz CT molecular complexity index is 1530. The normalized spacial score (nSPS) is 14.5. The zero-order valence-corrected chi connectivity index (χ0v) is 20.1. The van der Waals surface area contributed by atoms with E-state index in [9.17, 15) is 14.9 Å². The molecule has 4 aromatic rings. The van der Waals surface area contributed by atoms with Crippen molar-refractivity contribution >= 4 is 17.5 Å². The van der Waals surface area contributed by atoms with E-state index < -0.39 is 16.5 Å². The lowest BCUT2D eigenvalue weighted by Crippen LogP contribution is -2.32. The van der Waals surface area contributed by atoms with Crippen molar-refractivity contribution in [1.82, 2.24) is 9.78 Å². The van der Waals surface area contributed by atoms with E-state index in [4.69, 9.17) is 15.2 Å². The zero-order chi connectivity index (χ0) is 25.7. The predicted molar refractivity (Wildman–Crippen MR) is 137 cm³/mol. The second-order valence-corrected chi connectivity index (χ2v) is 9.20. The van der Waals surface area contributed by atoms with Gasteiger partial charge >= 0.3 is 11.7 Å². The highest BCUT2D eigenvalue weighted by molar-refractivity contribution is 5.98. The van der Waals surface area contributed by atoms with E-state index in [2.05, 4.69) is 12.0 Å². The average molecular weight is 497 g/mol. The first-order valence-electron chi connectivity index (χ1n) is 12.2. The Morgan fingerprint density at radius 2 is 1.68 bits per heavy atom. The summed E-state index contributed by atoms with van der Waals surface area (Å²) in [6, 6.07) is 20.1. The monoisotopic (exact) mass is 496 g/mol. The Labute approximate surface area is 212 Å². The highest BCUT2D eigenvalue weighted by Crippen LogP contribution is 2.56. The van der Waals surface area contributed by atoms with E-state index in [1.54, 1.807) is 22.9 Å². The minimum Gasteiger partial charge on any atom is -0.456 e. The molecule has 0 fully saturated rings. The lowest BCUT2D eigenvalue weighted by atomic mass is 9.77. The minimum atomic E-state index is -1.19. The standard InChI is InChI=1S/C28H24N4O5/c1-2-3-8-15-31-24(25(32(34)35)26(29)30-31)17-13-14-19-18(16-17)27(33)37-28(19)20-9-4-6-11-22(20)36-23-12-7-5-10-21(23)28/h4-7,9-14,16H,2-3,8,15H2,1H3,(H2,29,30). The lowest BCUT2D eigenvalue weighted by molar-refractivity contribution is -0.383. The van der Waals surface area contributed by atoms with Gasteiger partial charge in [0.05, 0.1) is 10.5 Å². The van der Waals surface area contributed by atoms with E-state index in [0.717, 1.165) is 19.3 Å². The third-order valence-corrected chi connectivity index (χ3v) is 7.00. The molecule has 2 aliphatic rings. The second kappa shape index (κ2) is 8.48. The van der Waals surface area contributed by atoms with Gasteiger partial charge < -0.3 is 15.2 Å². The molecule has 0 saturated carbocycles. The molecule has 0 atom stereocenters. The molecular weight excluding hydrogens is 472 g/mol. The molecule has 3 heterocycles. The molecule has 2 aliphatic heterocycles. The molecule has 0 saturated heterocycles. The maximum Gasteiger partial charge on any atom is 0.340 e. The van der Waals surface area contributed by atoms with Gasteiger partial charge in [0.1, 0.15) is 17.2 Å². The van der Waals surface area contributed by atoms with Crippen LogP contribution in [0.3, 0.4) is 0 Å². The number of aromatic nitrogens is 2. The molecule has 1 aromatic heterocycles. The summed E-state index contributed by atoms with van der Waals surface area (Å²) in [6.07, 6.45) is 2.74. The predicted octanol–water partition coefficient (Wildman–Crippen LogP) is 5.80. The molecule has 1 spiro atoms. The summed E-state index contributed by atoms with van der Waals surface area (Å²) < 4.78 is 13.9. The quantitative estimate of drug-likeness (QED) is 0.155. The maximum absolute atomic E-state index is 13.4. The van der Waals surface area contributed by atoms with Crippen LogP contribution in [0.1, 0.15) is 53.2 Å². The van der Waals surface area contributed by atoms with E-state index in [1.807, 2.05) is 48.5 Å². The topological polar surface area (TPSA) is 123 Å². The van der Waals surface area contributed by atoms with Gasteiger partial charge in [0.2, 0.25) is 5.82 Å². The van der Waals surface area contributed by atoms with E-state index in [-0.39, 0.29) is 17.2 Å². The number of unbranched alkanes of at least 4 members (excludes halogenated alkanes) is 2. The van der Waals surface area contributed by atoms with E-state index >= 15 is 0 Å². The molecule has 2 N–H and O–H groups in total. The second-order valence-electron chi connectivity index (χ2n) is 9.20. The molecule has 0 bridgehead atoms. The Kier molecular flexibility index (Phi) is 5.22. The van der Waals surface area contributed by atoms with Crippen molar-refractivity contribution in [3.63, 3.8) is 0 Å². The highest BCUT2D eigenvalue weighted by Gasteiger charge is 2.53. The van der Waals surface area contributed by atoms with Crippen molar-refractivity contribution in [3.8, 4) is 22.8 Å². The number of rotatable bonds is 6. The number of hydrogen-bond donors (Lipinski definition) is 1. The smallest absolute Gasteiger partial charge is 0.340 e. The number of carbonyl (C=O) groups excluding carboxylic acids is 1. The summed E-state index contributed by atoms with van der Waals surface area (Å²) in [6.45, 7) is 2.56. The van der Waals surface area contributed by atoms with Gasteiger partial charge in [-0.1, -0.05) is 68.3 Å². The summed E-state index contributed by atoms with van der Waals surface area (Å²) in [5, 5.41) is 16.2. The van der Waals surface area contributed by atoms with Gasteiger partial charge in [-0.25, -0.2) is 4.79 Å². The van der Waals surface area contributed by atoms with E-state index in [1.165, 1.54) is 0 Å². The van der Waals surface area contributed by atoms with Gasteiger partial charge in [-0.05, 0) is 24.6 Å². The fourth-order valence-electron chi connectivity index (χ4n) is 5.38. The SMILES string of the molecule is CCCCCn1nc(N)c([N+](=O)[O-])c1-c1ccc2c(c1)C(=O)OC21c2ccccc2Oc2ccccc21. The lowest BCUT2D eigenvalue weighted by Gasteiger charge is -2.36. The van der Waals surface area contributed by atoms with Crippen LogP contribution in [0, 0.1) is 10.1 Å². The largest absolute Gasteiger partial charge is 0.456 e. The number of nitro groups is 1. The molecule has 0 unspecified atom stereocenters. The van der Waals surface area contributed by atoms with Crippen molar-refractivity contribution in [1.29, 1.82) is 0 Å². The van der Waals surface area contributed by atoms with Crippen LogP contribution in [0.25, 0.3) is 11.3 Å². The number of nitrogen functional groups attached to an aromatic ring is 1. The summed E-state index contributed by atoms with van der Waals surface area (Å²) in [5.74, 6) is 0.533. The van der Waals surface area contributed by atoms with Crippen molar-refractivity contribution in [2.75, 3.05) is 5.73 Å². The molecule has 0 aliphatic carbocycles. The number of aryl methyl sites for hydroxylation is 1. The molecule has 9 nitrogen and oxygen atoms in total. The van der Waals surface area contributed by atoms with Crippen molar-refractivity contribution in [2.45, 2.75) is 38.3 Å². The number of para-hydroxylation sites is 2. The molecule has 0 amide bonds. The third kappa shape index (κ3) is 3.31. The van der Waals surface area contributed by atoms with Crippen LogP contribution in [0.4, 0.5) is 11.5 Å². The van der Waals surface area contributed by atoms with Crippen LogP contribution in [0.5, 0.6) is 11.5 Å². The summed E-state index contributed by atoms with van der Waals surface area (Å²) in [5.41, 5.74) is 7.68. The molecule has 186 valence electrons. The third-order valence-electron chi connectivity index (χ3n) is 7.00. The summed E-state index contributed by atoms with van der Waals surface area (Å²) in [4.78, 5) is 24.8. The Morgan fingerprint density at radius 3 is 2.32 bits per heavy atom. The first-order chi connectivity index (χ1) is 18.0. The molecule has 6 rings (SSSR count). The first-order valence-corrected chi connectivity index (χ1v) is 12.2. The van der Waals surface area contributed by atoms with Gasteiger partial charge in [-0.2, -0.15) is 0 Å². The van der Waals surface area contributed by atoms with Gasteiger partial charge in [0.25, 0.3) is 0 Å². The molecule has 3 aromatic carbocycles. The molecule has 37 heavy (non-hydrogen) atoms. The van der Waals surface area contributed by atoms with Crippen molar-refractivity contribution in [2.24, 2.45) is 0 Å². The van der Waals surface area contributed by atoms with Gasteiger partial charge in [-0.15, -0.1) is 5.10 Å². The summed E-state index contributed by atoms with van der Waals surface area (Å²) in [7, 11) is 0. The number of benzene rings is 3. The van der Waals surface area contributed by atoms with Crippen LogP contribution < -0.4 is 10.5 Å². The van der Waals surface area contributed by atoms with Crippen LogP contribution in [-0.2, 0) is 16.9 Å². The fourth-order valence-corrected chi connectivity index (χ4v) is 5.38. The number of anilines is 1. The number of hydrogen-bond acceptors (Lipinski definition) is 7. The fraction of sp³-hybridized carbons (Fsp3) is 0.214. The van der Waals surface area contributed by atoms with Gasteiger partial charge in [-0.3, -0.25) is 14.8 Å². The average Bonchev–Trinajstić information content (AvgIpc) is 3.38. The number of nitrogens with zero attached hydrogens (tertiary/aromatic N) is 3. The Balaban J connectivity index is 1.55. The Morgan fingerprint density at radius 1 is 1.00 bits per heavy atom.